The van der Waals surface area contributed by atoms with Gasteiger partial charge in [0.1, 0.15) is 5.75 Å². The molecule has 1 atom stereocenters. The van der Waals surface area contributed by atoms with E-state index in [4.69, 9.17) is 33.0 Å². The predicted octanol–water partition coefficient (Wildman–Crippen LogP) is 6.11. The fourth-order valence-corrected chi connectivity index (χ4v) is 5.58. The minimum Gasteiger partial charge on any atom is -0.466 e. The summed E-state index contributed by atoms with van der Waals surface area (Å²) >= 11 is 16.2. The summed E-state index contributed by atoms with van der Waals surface area (Å²) in [6.45, 7) is 5.30. The molecule has 3 aliphatic heterocycles. The van der Waals surface area contributed by atoms with Crippen molar-refractivity contribution in [2.45, 2.75) is 38.0 Å². The molecule has 1 saturated heterocycles. The van der Waals surface area contributed by atoms with Crippen molar-refractivity contribution in [3.05, 3.63) is 62.0 Å². The third-order valence-electron chi connectivity index (χ3n) is 6.29. The van der Waals surface area contributed by atoms with Crippen molar-refractivity contribution in [3.63, 3.8) is 0 Å². The van der Waals surface area contributed by atoms with Crippen LogP contribution in [0.15, 0.2) is 46.0 Å². The average molecular weight is 495 g/mol. The number of benzene rings is 2. The molecule has 5 rings (SSSR count). The Morgan fingerprint density at radius 2 is 1.97 bits per heavy atom. The minimum absolute atomic E-state index is 0.145. The van der Waals surface area contributed by atoms with E-state index in [9.17, 15) is 0 Å². The Kier molecular flexibility index (Phi) is 5.06. The lowest BCUT2D eigenvalue weighted by molar-refractivity contribution is -0.149. The molecule has 0 saturated carbocycles. The topological polar surface area (TPSA) is 28.1 Å². The molecule has 2 aromatic rings. The lowest BCUT2D eigenvalue weighted by Crippen LogP contribution is -2.59. The van der Waals surface area contributed by atoms with Gasteiger partial charge >= 0.3 is 0 Å². The van der Waals surface area contributed by atoms with Gasteiger partial charge in [-0.15, -0.1) is 0 Å². The van der Waals surface area contributed by atoms with Gasteiger partial charge in [-0.2, -0.15) is 5.10 Å². The monoisotopic (exact) mass is 493 g/mol. The van der Waals surface area contributed by atoms with E-state index in [2.05, 4.69) is 51.0 Å². The Bertz CT molecular complexity index is 988. The number of likely N-dealkylation sites (tertiary alicyclic amines) is 1. The van der Waals surface area contributed by atoms with Gasteiger partial charge in [0.05, 0.1) is 16.8 Å². The maximum Gasteiger partial charge on any atom is 0.200 e. The number of hydrogen-bond acceptors (Lipinski definition) is 4. The molecule has 1 fully saturated rings. The van der Waals surface area contributed by atoms with Gasteiger partial charge in [0.25, 0.3) is 0 Å². The summed E-state index contributed by atoms with van der Waals surface area (Å²) in [5.41, 5.74) is 2.71. The lowest BCUT2D eigenvalue weighted by atomic mass is 9.90. The zero-order valence-corrected chi connectivity index (χ0v) is 19.3. The number of nitrogens with zero attached hydrogens (tertiary/aromatic N) is 3. The summed E-state index contributed by atoms with van der Waals surface area (Å²) in [6, 6.07) is 12.1. The van der Waals surface area contributed by atoms with Gasteiger partial charge in [-0.3, -0.25) is 0 Å². The molecule has 29 heavy (non-hydrogen) atoms. The SMILES string of the molecule is CCN1CCC2(CC1)Oc1ccc(Br)cc1C1CC(c3ccc(Cl)cc3Cl)=NN12. The van der Waals surface area contributed by atoms with Crippen molar-refractivity contribution in [1.82, 2.24) is 9.91 Å². The predicted molar refractivity (Wildman–Crippen MR) is 121 cm³/mol. The number of halogens is 3. The van der Waals surface area contributed by atoms with Gasteiger partial charge in [-0.1, -0.05) is 52.1 Å². The summed E-state index contributed by atoms with van der Waals surface area (Å²) in [5.74, 6) is 0.970. The zero-order chi connectivity index (χ0) is 20.2. The second kappa shape index (κ2) is 7.45. The summed E-state index contributed by atoms with van der Waals surface area (Å²) in [4.78, 5) is 2.47. The van der Waals surface area contributed by atoms with Crippen molar-refractivity contribution in [2.24, 2.45) is 5.10 Å². The molecule has 2 aromatic carbocycles. The normalized spacial score (nSPS) is 22.8. The number of piperidine rings is 1. The molecule has 0 bridgehead atoms. The number of hydrazone groups is 1. The van der Waals surface area contributed by atoms with Crippen LogP contribution in [0.5, 0.6) is 5.75 Å². The third kappa shape index (κ3) is 3.36. The second-order valence-corrected chi connectivity index (χ2v) is 9.66. The highest BCUT2D eigenvalue weighted by Crippen LogP contribution is 2.50. The molecule has 0 N–H and O–H groups in total. The zero-order valence-electron chi connectivity index (χ0n) is 16.2. The molecular formula is C22H22BrCl2N3O. The molecule has 1 spiro atoms. The van der Waals surface area contributed by atoms with Gasteiger partial charge in [0.15, 0.2) is 0 Å². The van der Waals surface area contributed by atoms with E-state index < -0.39 is 5.72 Å². The Morgan fingerprint density at radius 3 is 2.69 bits per heavy atom. The quantitative estimate of drug-likeness (QED) is 0.504. The van der Waals surface area contributed by atoms with E-state index in [1.54, 1.807) is 6.07 Å². The Morgan fingerprint density at radius 1 is 1.17 bits per heavy atom. The molecular weight excluding hydrogens is 473 g/mol. The van der Waals surface area contributed by atoms with Gasteiger partial charge < -0.3 is 9.64 Å². The van der Waals surface area contributed by atoms with Crippen molar-refractivity contribution >= 4 is 44.8 Å². The molecule has 7 heteroatoms. The number of fused-ring (bicyclic) bond motifs is 4. The van der Waals surface area contributed by atoms with Crippen LogP contribution in [0.4, 0.5) is 0 Å². The van der Waals surface area contributed by atoms with Crippen LogP contribution in [0.25, 0.3) is 0 Å². The number of ether oxygens (including phenoxy) is 1. The van der Waals surface area contributed by atoms with Crippen LogP contribution >= 0.6 is 39.1 Å². The number of rotatable bonds is 2. The highest BCUT2D eigenvalue weighted by molar-refractivity contribution is 9.10. The van der Waals surface area contributed by atoms with Crippen LogP contribution in [0.2, 0.25) is 10.0 Å². The van der Waals surface area contributed by atoms with Crippen LogP contribution in [-0.2, 0) is 0 Å². The second-order valence-electron chi connectivity index (χ2n) is 7.90. The fourth-order valence-electron chi connectivity index (χ4n) is 4.69. The van der Waals surface area contributed by atoms with Crippen molar-refractivity contribution in [2.75, 3.05) is 19.6 Å². The molecule has 3 heterocycles. The van der Waals surface area contributed by atoms with E-state index in [1.165, 1.54) is 5.56 Å². The maximum absolute atomic E-state index is 6.67. The summed E-state index contributed by atoms with van der Waals surface area (Å²) in [7, 11) is 0. The smallest absolute Gasteiger partial charge is 0.200 e. The van der Waals surface area contributed by atoms with E-state index in [0.717, 1.165) is 60.4 Å². The first kappa shape index (κ1) is 19.7. The van der Waals surface area contributed by atoms with Crippen LogP contribution < -0.4 is 4.74 Å². The molecule has 0 aromatic heterocycles. The van der Waals surface area contributed by atoms with Crippen molar-refractivity contribution < 1.29 is 4.74 Å². The Labute approximate surface area is 189 Å². The largest absolute Gasteiger partial charge is 0.466 e. The summed E-state index contributed by atoms with van der Waals surface area (Å²) < 4.78 is 7.72. The highest BCUT2D eigenvalue weighted by Gasteiger charge is 2.51. The molecule has 0 radical (unpaired) electrons. The van der Waals surface area contributed by atoms with Gasteiger partial charge in [0.2, 0.25) is 5.72 Å². The van der Waals surface area contributed by atoms with Gasteiger partial charge in [0, 0.05) is 53.0 Å². The maximum atomic E-state index is 6.67. The molecule has 1 unspecified atom stereocenters. The molecule has 0 aliphatic carbocycles. The standard InChI is InChI=1S/C22H22BrCl2N3O/c1-2-27-9-7-22(8-10-27)28-20(17-11-14(23)3-6-21(17)29-22)13-19(26-28)16-5-4-15(24)12-18(16)25/h3-6,11-12,20H,2,7-10,13H2,1H3. The molecule has 152 valence electrons. The first-order valence-corrected chi connectivity index (χ1v) is 11.6. The van der Waals surface area contributed by atoms with Gasteiger partial charge in [-0.05, 0) is 36.9 Å². The van der Waals surface area contributed by atoms with Crippen molar-refractivity contribution in [3.8, 4) is 5.75 Å². The van der Waals surface area contributed by atoms with E-state index >= 15 is 0 Å². The first-order chi connectivity index (χ1) is 14.0. The van der Waals surface area contributed by atoms with E-state index in [1.807, 2.05) is 12.1 Å². The van der Waals surface area contributed by atoms with Crippen LogP contribution in [0.1, 0.15) is 43.4 Å². The minimum atomic E-state index is -0.405. The van der Waals surface area contributed by atoms with Crippen LogP contribution in [0, 0.1) is 0 Å². The van der Waals surface area contributed by atoms with Crippen molar-refractivity contribution in [1.29, 1.82) is 0 Å². The molecule has 4 nitrogen and oxygen atoms in total. The number of hydrogen-bond donors (Lipinski definition) is 0. The summed E-state index contributed by atoms with van der Waals surface area (Å²) in [6.07, 6.45) is 2.66. The third-order valence-corrected chi connectivity index (χ3v) is 7.33. The first-order valence-electron chi connectivity index (χ1n) is 10.0. The fraction of sp³-hybridized carbons (Fsp3) is 0.409. The molecule has 3 aliphatic rings. The van der Waals surface area contributed by atoms with E-state index in [0.29, 0.717) is 10.0 Å². The Hall–Kier alpha value is -1.27. The van der Waals surface area contributed by atoms with Crippen LogP contribution in [-0.4, -0.2) is 41.0 Å². The Balaban J connectivity index is 1.58. The van der Waals surface area contributed by atoms with Crippen LogP contribution in [0.3, 0.4) is 0 Å². The molecule has 0 amide bonds. The lowest BCUT2D eigenvalue weighted by Gasteiger charge is -2.51. The average Bonchev–Trinajstić information content (AvgIpc) is 3.16. The summed E-state index contributed by atoms with van der Waals surface area (Å²) in [5, 5.41) is 8.58. The highest BCUT2D eigenvalue weighted by atomic mass is 79.9. The van der Waals surface area contributed by atoms with Gasteiger partial charge in [-0.25, -0.2) is 5.01 Å². The van der Waals surface area contributed by atoms with E-state index in [-0.39, 0.29) is 6.04 Å².